The van der Waals surface area contributed by atoms with Crippen LogP contribution in [0.15, 0.2) is 18.2 Å². The van der Waals surface area contributed by atoms with Gasteiger partial charge < -0.3 is 5.73 Å². The predicted octanol–water partition coefficient (Wildman–Crippen LogP) is 2.46. The Labute approximate surface area is 127 Å². The Balaban J connectivity index is 2.89. The van der Waals surface area contributed by atoms with Crippen molar-refractivity contribution in [2.75, 3.05) is 13.1 Å². The first-order valence-electron chi connectivity index (χ1n) is 7.50. The number of Topliss-reactive ketones (excluding diaryl/α,β-unsaturated/α-hetero) is 1. The summed E-state index contributed by atoms with van der Waals surface area (Å²) in [4.78, 5) is 25.7. The lowest BCUT2D eigenvalue weighted by Gasteiger charge is -2.27. The van der Waals surface area contributed by atoms with Gasteiger partial charge in [0, 0.05) is 5.56 Å². The zero-order chi connectivity index (χ0) is 16.0. The minimum absolute atomic E-state index is 0.0375. The molecule has 1 atom stereocenters. The molecule has 0 aliphatic carbocycles. The number of carbonyl (C=O) groups excluding carboxylic acids is 2. The van der Waals surface area contributed by atoms with Crippen LogP contribution in [-0.2, 0) is 4.79 Å². The highest BCUT2D eigenvalue weighted by molar-refractivity contribution is 6.00. The van der Waals surface area contributed by atoms with Crippen LogP contribution in [0, 0.1) is 13.8 Å². The van der Waals surface area contributed by atoms with Crippen LogP contribution in [-0.4, -0.2) is 35.7 Å². The lowest BCUT2D eigenvalue weighted by atomic mass is 9.99. The van der Waals surface area contributed by atoms with E-state index in [1.165, 1.54) is 5.56 Å². The summed E-state index contributed by atoms with van der Waals surface area (Å²) in [6.45, 7) is 8.77. The van der Waals surface area contributed by atoms with E-state index in [1.807, 2.05) is 43.9 Å². The van der Waals surface area contributed by atoms with Gasteiger partial charge in [0.2, 0.25) is 5.91 Å². The normalized spacial score (nSPS) is 12.4. The Morgan fingerprint density at radius 1 is 1.24 bits per heavy atom. The SMILES string of the molecule is CCCCN(CC(N)=O)C(C)C(=O)c1ccc(C)c(C)c1. The quantitative estimate of drug-likeness (QED) is 0.748. The van der Waals surface area contributed by atoms with Crippen molar-refractivity contribution in [2.45, 2.75) is 46.6 Å². The van der Waals surface area contributed by atoms with Gasteiger partial charge in [0.15, 0.2) is 5.78 Å². The highest BCUT2D eigenvalue weighted by Gasteiger charge is 2.23. The number of primary amides is 1. The lowest BCUT2D eigenvalue weighted by Crippen LogP contribution is -2.44. The number of rotatable bonds is 8. The molecule has 4 nitrogen and oxygen atoms in total. The van der Waals surface area contributed by atoms with Crippen LogP contribution >= 0.6 is 0 Å². The Morgan fingerprint density at radius 2 is 1.90 bits per heavy atom. The van der Waals surface area contributed by atoms with Gasteiger partial charge in [-0.1, -0.05) is 25.5 Å². The molecule has 0 aliphatic rings. The van der Waals surface area contributed by atoms with Crippen LogP contribution in [0.3, 0.4) is 0 Å². The molecule has 1 unspecified atom stereocenters. The molecule has 0 spiro atoms. The first kappa shape index (κ1) is 17.4. The van der Waals surface area contributed by atoms with Gasteiger partial charge in [-0.3, -0.25) is 14.5 Å². The van der Waals surface area contributed by atoms with Gasteiger partial charge in [0.1, 0.15) is 0 Å². The largest absolute Gasteiger partial charge is 0.369 e. The summed E-state index contributed by atoms with van der Waals surface area (Å²) in [7, 11) is 0. The van der Waals surface area contributed by atoms with Gasteiger partial charge >= 0.3 is 0 Å². The molecule has 0 saturated heterocycles. The fourth-order valence-corrected chi connectivity index (χ4v) is 2.27. The van der Waals surface area contributed by atoms with E-state index in [2.05, 4.69) is 6.92 Å². The van der Waals surface area contributed by atoms with Crippen molar-refractivity contribution in [3.05, 3.63) is 34.9 Å². The van der Waals surface area contributed by atoms with E-state index in [1.54, 1.807) is 0 Å². The molecule has 0 aromatic heterocycles. The third kappa shape index (κ3) is 4.97. The standard InChI is InChI=1S/C17H26N2O2/c1-5-6-9-19(11-16(18)20)14(4)17(21)15-8-7-12(2)13(3)10-15/h7-8,10,14H,5-6,9,11H2,1-4H3,(H2,18,20). The molecule has 1 amide bonds. The van der Waals surface area contributed by atoms with E-state index in [9.17, 15) is 9.59 Å². The molecule has 116 valence electrons. The van der Waals surface area contributed by atoms with E-state index in [4.69, 9.17) is 5.73 Å². The minimum Gasteiger partial charge on any atom is -0.369 e. The maximum atomic E-state index is 12.6. The summed E-state index contributed by atoms with van der Waals surface area (Å²) in [6, 6.07) is 5.38. The summed E-state index contributed by atoms with van der Waals surface area (Å²) < 4.78 is 0. The summed E-state index contributed by atoms with van der Waals surface area (Å²) in [5.41, 5.74) is 8.25. The smallest absolute Gasteiger partial charge is 0.231 e. The van der Waals surface area contributed by atoms with E-state index in [-0.39, 0.29) is 18.4 Å². The van der Waals surface area contributed by atoms with Crippen LogP contribution in [0.25, 0.3) is 0 Å². The van der Waals surface area contributed by atoms with Gasteiger partial charge in [-0.05, 0) is 50.9 Å². The maximum Gasteiger partial charge on any atom is 0.231 e. The van der Waals surface area contributed by atoms with Crippen LogP contribution in [0.5, 0.6) is 0 Å². The summed E-state index contributed by atoms with van der Waals surface area (Å²) in [5, 5.41) is 0. The maximum absolute atomic E-state index is 12.6. The third-order valence-corrected chi connectivity index (χ3v) is 3.88. The number of ketones is 1. The number of benzene rings is 1. The molecule has 4 heteroatoms. The van der Waals surface area contributed by atoms with Gasteiger partial charge in [0.25, 0.3) is 0 Å². The van der Waals surface area contributed by atoms with Crippen molar-refractivity contribution in [2.24, 2.45) is 5.73 Å². The zero-order valence-corrected chi connectivity index (χ0v) is 13.5. The first-order chi connectivity index (χ1) is 9.86. The van der Waals surface area contributed by atoms with Gasteiger partial charge in [0.05, 0.1) is 12.6 Å². The number of hydrogen-bond donors (Lipinski definition) is 1. The van der Waals surface area contributed by atoms with Crippen molar-refractivity contribution >= 4 is 11.7 Å². The lowest BCUT2D eigenvalue weighted by molar-refractivity contribution is -0.119. The van der Waals surface area contributed by atoms with Crippen molar-refractivity contribution in [3.63, 3.8) is 0 Å². The van der Waals surface area contributed by atoms with Crippen LogP contribution in [0.4, 0.5) is 0 Å². The molecule has 0 aliphatic heterocycles. The van der Waals surface area contributed by atoms with Crippen molar-refractivity contribution < 1.29 is 9.59 Å². The summed E-state index contributed by atoms with van der Waals surface area (Å²) in [5.74, 6) is -0.360. The predicted molar refractivity (Wildman–Crippen MR) is 85.4 cm³/mol. The first-order valence-corrected chi connectivity index (χ1v) is 7.50. The molecule has 0 saturated carbocycles. The number of amides is 1. The molecule has 1 rings (SSSR count). The van der Waals surface area contributed by atoms with Crippen molar-refractivity contribution in [1.82, 2.24) is 4.90 Å². The Kier molecular flexibility index (Phi) is 6.56. The molecule has 0 fully saturated rings. The molecule has 1 aromatic carbocycles. The topological polar surface area (TPSA) is 63.4 Å². The molecule has 21 heavy (non-hydrogen) atoms. The molecular formula is C17H26N2O2. The van der Waals surface area contributed by atoms with E-state index in [0.717, 1.165) is 18.4 Å². The summed E-state index contributed by atoms with van der Waals surface area (Å²) >= 11 is 0. The highest BCUT2D eigenvalue weighted by atomic mass is 16.1. The molecule has 2 N–H and O–H groups in total. The van der Waals surface area contributed by atoms with Crippen LogP contribution in [0.1, 0.15) is 48.2 Å². The van der Waals surface area contributed by atoms with E-state index >= 15 is 0 Å². The fraction of sp³-hybridized carbons (Fsp3) is 0.529. The highest BCUT2D eigenvalue weighted by Crippen LogP contribution is 2.14. The van der Waals surface area contributed by atoms with Gasteiger partial charge in [-0.25, -0.2) is 0 Å². The minimum atomic E-state index is -0.397. The molecule has 0 radical (unpaired) electrons. The zero-order valence-electron chi connectivity index (χ0n) is 13.5. The molecular weight excluding hydrogens is 264 g/mol. The second-order valence-corrected chi connectivity index (χ2v) is 5.63. The van der Waals surface area contributed by atoms with Gasteiger partial charge in [-0.15, -0.1) is 0 Å². The number of unbranched alkanes of at least 4 members (excludes halogenated alkanes) is 1. The average Bonchev–Trinajstić information content (AvgIpc) is 2.44. The molecule has 0 bridgehead atoms. The van der Waals surface area contributed by atoms with Gasteiger partial charge in [-0.2, -0.15) is 0 Å². The number of carbonyl (C=O) groups is 2. The molecule has 1 aromatic rings. The summed E-state index contributed by atoms with van der Waals surface area (Å²) in [6.07, 6.45) is 1.96. The number of nitrogens with two attached hydrogens (primary N) is 1. The Morgan fingerprint density at radius 3 is 2.43 bits per heavy atom. The van der Waals surface area contributed by atoms with Crippen molar-refractivity contribution in [3.8, 4) is 0 Å². The number of hydrogen-bond acceptors (Lipinski definition) is 3. The Bertz CT molecular complexity index is 512. The second kappa shape index (κ2) is 7.93. The van der Waals surface area contributed by atoms with Crippen LogP contribution in [0.2, 0.25) is 0 Å². The monoisotopic (exact) mass is 290 g/mol. The number of aryl methyl sites for hydroxylation is 2. The fourth-order valence-electron chi connectivity index (χ4n) is 2.27. The van der Waals surface area contributed by atoms with E-state index in [0.29, 0.717) is 12.1 Å². The molecule has 0 heterocycles. The second-order valence-electron chi connectivity index (χ2n) is 5.63. The van der Waals surface area contributed by atoms with Crippen LogP contribution < -0.4 is 5.73 Å². The van der Waals surface area contributed by atoms with E-state index < -0.39 is 5.91 Å². The average molecular weight is 290 g/mol. The van der Waals surface area contributed by atoms with Crippen molar-refractivity contribution in [1.29, 1.82) is 0 Å². The number of nitrogens with zero attached hydrogens (tertiary/aromatic N) is 1. The third-order valence-electron chi connectivity index (χ3n) is 3.88. The Hall–Kier alpha value is -1.68.